The first-order valence-electron chi connectivity index (χ1n) is 3.43. The fourth-order valence-corrected chi connectivity index (χ4v) is 0.669. The molecule has 0 rings (SSSR count). The van der Waals surface area contributed by atoms with Crippen LogP contribution < -0.4 is 5.73 Å². The number of aliphatic imine (C=N–C) groups is 1. The number of nitrogens with zero attached hydrogens (tertiary/aromatic N) is 1. The SMILES string of the molecule is C=NCCCC(C)CN. The fourth-order valence-electron chi connectivity index (χ4n) is 0.669. The maximum absolute atomic E-state index is 5.41. The first-order chi connectivity index (χ1) is 4.31. The van der Waals surface area contributed by atoms with Crippen molar-refractivity contribution in [3.05, 3.63) is 0 Å². The Morgan fingerprint density at radius 1 is 1.67 bits per heavy atom. The van der Waals surface area contributed by atoms with Crippen LogP contribution in [0.3, 0.4) is 0 Å². The van der Waals surface area contributed by atoms with Crippen LogP contribution >= 0.6 is 0 Å². The van der Waals surface area contributed by atoms with Crippen LogP contribution in [0.4, 0.5) is 0 Å². The second-order valence-corrected chi connectivity index (χ2v) is 2.43. The van der Waals surface area contributed by atoms with Crippen LogP contribution in [0, 0.1) is 5.92 Å². The van der Waals surface area contributed by atoms with Gasteiger partial charge in [0.1, 0.15) is 0 Å². The highest BCUT2D eigenvalue weighted by Crippen LogP contribution is 2.01. The van der Waals surface area contributed by atoms with Gasteiger partial charge in [0, 0.05) is 6.54 Å². The van der Waals surface area contributed by atoms with Gasteiger partial charge in [-0.25, -0.2) is 0 Å². The Morgan fingerprint density at radius 2 is 2.33 bits per heavy atom. The van der Waals surface area contributed by atoms with Crippen LogP contribution in [0.2, 0.25) is 0 Å². The molecule has 0 aromatic heterocycles. The van der Waals surface area contributed by atoms with E-state index in [2.05, 4.69) is 18.6 Å². The predicted octanol–water partition coefficient (Wildman–Crippen LogP) is 1.06. The third-order valence-electron chi connectivity index (χ3n) is 1.42. The van der Waals surface area contributed by atoms with Gasteiger partial charge in [0.25, 0.3) is 0 Å². The van der Waals surface area contributed by atoms with Crippen molar-refractivity contribution in [1.82, 2.24) is 0 Å². The molecular weight excluding hydrogens is 112 g/mol. The zero-order chi connectivity index (χ0) is 7.11. The lowest BCUT2D eigenvalue weighted by atomic mass is 10.1. The molecule has 0 bridgehead atoms. The molecule has 9 heavy (non-hydrogen) atoms. The average Bonchev–Trinajstić information content (AvgIpc) is 1.89. The maximum Gasteiger partial charge on any atom is 0.0382 e. The maximum atomic E-state index is 5.41. The van der Waals surface area contributed by atoms with E-state index < -0.39 is 0 Å². The van der Waals surface area contributed by atoms with Gasteiger partial charge >= 0.3 is 0 Å². The highest BCUT2D eigenvalue weighted by molar-refractivity contribution is 5.22. The molecule has 0 radical (unpaired) electrons. The van der Waals surface area contributed by atoms with Crippen LogP contribution in [0.25, 0.3) is 0 Å². The lowest BCUT2D eigenvalue weighted by Crippen LogP contribution is -2.10. The third kappa shape index (κ3) is 5.50. The summed E-state index contributed by atoms with van der Waals surface area (Å²) in [5.74, 6) is 0.645. The second-order valence-electron chi connectivity index (χ2n) is 2.43. The van der Waals surface area contributed by atoms with E-state index in [9.17, 15) is 0 Å². The number of nitrogens with two attached hydrogens (primary N) is 1. The summed E-state index contributed by atoms with van der Waals surface area (Å²) in [6, 6.07) is 0. The molecule has 1 unspecified atom stereocenters. The Morgan fingerprint density at radius 3 is 2.78 bits per heavy atom. The summed E-state index contributed by atoms with van der Waals surface area (Å²) < 4.78 is 0. The van der Waals surface area contributed by atoms with Gasteiger partial charge in [0.15, 0.2) is 0 Å². The molecule has 0 heterocycles. The molecule has 0 aliphatic heterocycles. The summed E-state index contributed by atoms with van der Waals surface area (Å²) in [4.78, 5) is 3.75. The second kappa shape index (κ2) is 5.76. The Balaban J connectivity index is 2.96. The minimum Gasteiger partial charge on any atom is -0.330 e. The quantitative estimate of drug-likeness (QED) is 0.436. The summed E-state index contributed by atoms with van der Waals surface area (Å²) >= 11 is 0. The van der Waals surface area contributed by atoms with E-state index in [-0.39, 0.29) is 0 Å². The van der Waals surface area contributed by atoms with E-state index >= 15 is 0 Å². The molecule has 0 aromatic rings. The van der Waals surface area contributed by atoms with Gasteiger partial charge in [0.05, 0.1) is 0 Å². The molecule has 0 aliphatic carbocycles. The Bertz CT molecular complexity index is 71.3. The van der Waals surface area contributed by atoms with Crippen LogP contribution in [0.5, 0.6) is 0 Å². The van der Waals surface area contributed by atoms with Crippen LogP contribution in [0.15, 0.2) is 4.99 Å². The molecule has 0 fully saturated rings. The van der Waals surface area contributed by atoms with E-state index in [0.29, 0.717) is 5.92 Å². The largest absolute Gasteiger partial charge is 0.330 e. The lowest BCUT2D eigenvalue weighted by molar-refractivity contribution is 0.526. The normalized spacial score (nSPS) is 13.1. The standard InChI is InChI=1S/C7H16N2/c1-7(6-8)4-3-5-9-2/h7H,2-6,8H2,1H3. The first kappa shape index (κ1) is 8.63. The van der Waals surface area contributed by atoms with Crippen molar-refractivity contribution >= 4 is 6.72 Å². The van der Waals surface area contributed by atoms with Crippen molar-refractivity contribution in [3.8, 4) is 0 Å². The van der Waals surface area contributed by atoms with E-state index in [1.165, 1.54) is 6.42 Å². The van der Waals surface area contributed by atoms with E-state index in [4.69, 9.17) is 5.73 Å². The average molecular weight is 128 g/mol. The van der Waals surface area contributed by atoms with Crippen molar-refractivity contribution in [1.29, 1.82) is 0 Å². The highest BCUT2D eigenvalue weighted by Gasteiger charge is 1.95. The molecule has 0 amide bonds. The van der Waals surface area contributed by atoms with Gasteiger partial charge in [-0.3, -0.25) is 0 Å². The van der Waals surface area contributed by atoms with Crippen molar-refractivity contribution in [2.75, 3.05) is 13.1 Å². The molecular formula is C7H16N2. The smallest absolute Gasteiger partial charge is 0.0382 e. The Labute approximate surface area is 57.2 Å². The lowest BCUT2D eigenvalue weighted by Gasteiger charge is -2.04. The molecule has 0 saturated heterocycles. The zero-order valence-electron chi connectivity index (χ0n) is 6.14. The molecule has 0 aliphatic rings. The molecule has 2 heteroatoms. The van der Waals surface area contributed by atoms with Crippen molar-refractivity contribution in [2.24, 2.45) is 16.6 Å². The minimum absolute atomic E-state index is 0.645. The minimum atomic E-state index is 0.645. The van der Waals surface area contributed by atoms with Gasteiger partial charge in [-0.1, -0.05) is 6.92 Å². The van der Waals surface area contributed by atoms with Gasteiger partial charge < -0.3 is 10.7 Å². The zero-order valence-corrected chi connectivity index (χ0v) is 6.14. The van der Waals surface area contributed by atoms with E-state index in [1.54, 1.807) is 0 Å². The van der Waals surface area contributed by atoms with E-state index in [1.807, 2.05) is 0 Å². The van der Waals surface area contributed by atoms with Crippen LogP contribution in [-0.4, -0.2) is 19.8 Å². The van der Waals surface area contributed by atoms with E-state index in [0.717, 1.165) is 19.5 Å². The van der Waals surface area contributed by atoms with Crippen LogP contribution in [0.1, 0.15) is 19.8 Å². The Hall–Kier alpha value is -0.370. The van der Waals surface area contributed by atoms with Crippen molar-refractivity contribution in [3.63, 3.8) is 0 Å². The number of rotatable bonds is 5. The van der Waals surface area contributed by atoms with Crippen LogP contribution in [-0.2, 0) is 0 Å². The molecule has 2 nitrogen and oxygen atoms in total. The summed E-state index contributed by atoms with van der Waals surface area (Å²) in [5.41, 5.74) is 5.41. The molecule has 2 N–H and O–H groups in total. The summed E-state index contributed by atoms with van der Waals surface area (Å²) in [7, 11) is 0. The summed E-state index contributed by atoms with van der Waals surface area (Å²) in [6.45, 7) is 7.23. The highest BCUT2D eigenvalue weighted by atomic mass is 14.7. The van der Waals surface area contributed by atoms with Gasteiger partial charge in [-0.2, -0.15) is 0 Å². The molecule has 0 saturated carbocycles. The number of hydrogen-bond donors (Lipinski definition) is 1. The summed E-state index contributed by atoms with van der Waals surface area (Å²) in [5, 5.41) is 0. The third-order valence-corrected chi connectivity index (χ3v) is 1.42. The van der Waals surface area contributed by atoms with Gasteiger partial charge in [-0.15, -0.1) is 0 Å². The predicted molar refractivity (Wildman–Crippen MR) is 41.9 cm³/mol. The van der Waals surface area contributed by atoms with Crippen molar-refractivity contribution < 1.29 is 0 Å². The molecule has 1 atom stereocenters. The topological polar surface area (TPSA) is 38.4 Å². The first-order valence-corrected chi connectivity index (χ1v) is 3.43. The van der Waals surface area contributed by atoms with Gasteiger partial charge in [0.2, 0.25) is 0 Å². The number of hydrogen-bond acceptors (Lipinski definition) is 2. The molecule has 54 valence electrons. The fraction of sp³-hybridized carbons (Fsp3) is 0.857. The Kier molecular flexibility index (Phi) is 5.52. The summed E-state index contributed by atoms with van der Waals surface area (Å²) in [6.07, 6.45) is 2.30. The van der Waals surface area contributed by atoms with Crippen molar-refractivity contribution in [2.45, 2.75) is 19.8 Å². The molecule has 0 spiro atoms. The molecule has 0 aromatic carbocycles. The monoisotopic (exact) mass is 128 g/mol. The van der Waals surface area contributed by atoms with Gasteiger partial charge in [-0.05, 0) is 32.0 Å².